The summed E-state index contributed by atoms with van der Waals surface area (Å²) in [6.45, 7) is 0.679. The molecule has 1 aromatic carbocycles. The third-order valence-corrected chi connectivity index (χ3v) is 5.29. The number of anilines is 1. The van der Waals surface area contributed by atoms with Crippen LogP contribution in [0.1, 0.15) is 12.8 Å². The van der Waals surface area contributed by atoms with Crippen molar-refractivity contribution in [3.05, 3.63) is 26.7 Å². The van der Waals surface area contributed by atoms with Crippen LogP contribution in [-0.2, 0) is 4.79 Å². The van der Waals surface area contributed by atoms with E-state index in [0.29, 0.717) is 22.3 Å². The number of hydrogen-bond acceptors (Lipinski definition) is 1. The molecule has 1 atom stereocenters. The average molecular weight is 402 g/mol. The number of benzene rings is 1. The highest BCUT2D eigenvalue weighted by Crippen LogP contribution is 2.39. The van der Waals surface area contributed by atoms with Gasteiger partial charge in [0.15, 0.2) is 0 Å². The number of piperidine rings is 1. The molecule has 1 unspecified atom stereocenters. The van der Waals surface area contributed by atoms with Crippen LogP contribution in [0.5, 0.6) is 0 Å². The van der Waals surface area contributed by atoms with Gasteiger partial charge in [-0.2, -0.15) is 0 Å². The van der Waals surface area contributed by atoms with Gasteiger partial charge in [-0.1, -0.05) is 39.1 Å². The zero-order valence-electron chi connectivity index (χ0n) is 8.72. The van der Waals surface area contributed by atoms with Crippen LogP contribution in [0.25, 0.3) is 0 Å². The number of rotatable bonds is 1. The smallest absolute Gasteiger partial charge is 0.240 e. The first kappa shape index (κ1) is 13.7. The summed E-state index contributed by atoms with van der Waals surface area (Å²) in [5, 5.41) is 0.852. The van der Waals surface area contributed by atoms with E-state index in [1.165, 1.54) is 0 Å². The first-order valence-corrected chi connectivity index (χ1v) is 7.57. The molecule has 1 fully saturated rings. The minimum Gasteiger partial charge on any atom is -0.310 e. The van der Waals surface area contributed by atoms with Crippen molar-refractivity contribution in [1.82, 2.24) is 0 Å². The van der Waals surface area contributed by atoms with Gasteiger partial charge in [0.1, 0.15) is 0 Å². The van der Waals surface area contributed by atoms with Gasteiger partial charge < -0.3 is 4.90 Å². The normalized spacial score (nSPS) is 20.8. The molecule has 17 heavy (non-hydrogen) atoms. The molecule has 1 heterocycles. The van der Waals surface area contributed by atoms with Gasteiger partial charge in [-0.25, -0.2) is 0 Å². The lowest BCUT2D eigenvalue weighted by molar-refractivity contribution is -0.118. The van der Waals surface area contributed by atoms with Crippen LogP contribution < -0.4 is 4.90 Å². The Morgan fingerprint density at radius 3 is 2.71 bits per heavy atom. The van der Waals surface area contributed by atoms with Gasteiger partial charge in [-0.15, -0.1) is 0 Å². The van der Waals surface area contributed by atoms with E-state index in [-0.39, 0.29) is 10.7 Å². The lowest BCUT2D eigenvalue weighted by Crippen LogP contribution is -2.41. The van der Waals surface area contributed by atoms with E-state index in [9.17, 15) is 4.79 Å². The molecule has 1 amide bonds. The summed E-state index contributed by atoms with van der Waals surface area (Å²) < 4.78 is 0.729. The van der Waals surface area contributed by atoms with E-state index in [0.717, 1.165) is 17.3 Å². The Hall–Kier alpha value is 0.230. The van der Waals surface area contributed by atoms with Crippen LogP contribution in [-0.4, -0.2) is 17.3 Å². The molecule has 1 saturated heterocycles. The largest absolute Gasteiger partial charge is 0.310 e. The van der Waals surface area contributed by atoms with Gasteiger partial charge in [0, 0.05) is 11.0 Å². The summed E-state index contributed by atoms with van der Waals surface area (Å²) in [7, 11) is 0. The zero-order valence-corrected chi connectivity index (χ0v) is 13.4. The summed E-state index contributed by atoms with van der Waals surface area (Å²) in [4.78, 5) is 13.6. The Kier molecular flexibility index (Phi) is 4.40. The molecule has 0 radical (unpaired) electrons. The first-order chi connectivity index (χ1) is 8.02. The Morgan fingerprint density at radius 2 is 2.00 bits per heavy atom. The quantitative estimate of drug-likeness (QED) is 0.495. The molecule has 1 aliphatic heterocycles. The molecule has 0 N–H and O–H groups in total. The average Bonchev–Trinajstić information content (AvgIpc) is 2.31. The molecule has 92 valence electrons. The topological polar surface area (TPSA) is 20.3 Å². The van der Waals surface area contributed by atoms with Gasteiger partial charge in [-0.05, 0) is 40.9 Å². The van der Waals surface area contributed by atoms with Gasteiger partial charge in [-0.3, -0.25) is 4.79 Å². The summed E-state index contributed by atoms with van der Waals surface area (Å²) in [5.41, 5.74) is 0.675. The van der Waals surface area contributed by atoms with Crippen LogP contribution in [0.15, 0.2) is 16.6 Å². The van der Waals surface area contributed by atoms with E-state index in [4.69, 9.17) is 23.2 Å². The summed E-state index contributed by atoms with van der Waals surface area (Å²) in [5.74, 6) is 0.0385. The number of amides is 1. The third kappa shape index (κ3) is 2.65. The van der Waals surface area contributed by atoms with Crippen molar-refractivity contribution >= 4 is 66.7 Å². The number of halogens is 4. The molecule has 0 spiro atoms. The lowest BCUT2D eigenvalue weighted by Gasteiger charge is -2.30. The lowest BCUT2D eigenvalue weighted by atomic mass is 10.1. The molecule has 0 aliphatic carbocycles. The summed E-state index contributed by atoms with van der Waals surface area (Å²) in [6.07, 6.45) is 1.81. The van der Waals surface area contributed by atoms with Crippen molar-refractivity contribution in [2.45, 2.75) is 17.7 Å². The number of hydrogen-bond donors (Lipinski definition) is 0. The number of nitrogens with zero attached hydrogens (tertiary/aromatic N) is 1. The fourth-order valence-electron chi connectivity index (χ4n) is 1.79. The van der Waals surface area contributed by atoms with E-state index in [1.54, 1.807) is 17.0 Å². The van der Waals surface area contributed by atoms with Crippen LogP contribution in [0.2, 0.25) is 10.0 Å². The molecule has 6 heteroatoms. The molecular formula is C11H9Br2Cl2NO. The van der Waals surface area contributed by atoms with Crippen molar-refractivity contribution in [3.8, 4) is 0 Å². The minimum atomic E-state index is -0.130. The number of alkyl halides is 1. The standard InChI is InChI=1S/C11H9Br2Cl2NO/c12-6-3-4-8(10(15)9(6)14)16-5-1-2-7(13)11(16)17/h3-4,7H,1-2,5H2. The highest BCUT2D eigenvalue weighted by atomic mass is 79.9. The van der Waals surface area contributed by atoms with E-state index in [2.05, 4.69) is 31.9 Å². The fraction of sp³-hybridized carbons (Fsp3) is 0.364. The third-order valence-electron chi connectivity index (χ3n) is 2.68. The molecule has 2 rings (SSSR count). The van der Waals surface area contributed by atoms with Crippen molar-refractivity contribution < 1.29 is 4.79 Å². The Labute approximate surface area is 127 Å². The molecule has 1 aromatic rings. The van der Waals surface area contributed by atoms with Crippen LogP contribution >= 0.6 is 55.1 Å². The SMILES string of the molecule is O=C1C(Br)CCCN1c1ccc(Br)c(Cl)c1Cl. The fourth-order valence-corrected chi connectivity index (χ4v) is 3.24. The molecule has 0 saturated carbocycles. The molecule has 1 aliphatic rings. The van der Waals surface area contributed by atoms with Crippen molar-refractivity contribution in [2.75, 3.05) is 11.4 Å². The predicted molar refractivity (Wildman–Crippen MR) is 78.5 cm³/mol. The Bertz CT molecular complexity index is 467. The van der Waals surface area contributed by atoms with Gasteiger partial charge in [0.2, 0.25) is 5.91 Å². The summed E-state index contributed by atoms with van der Waals surface area (Å²) in [6, 6.07) is 3.61. The number of carbonyl (C=O) groups is 1. The van der Waals surface area contributed by atoms with Gasteiger partial charge in [0.05, 0.1) is 20.6 Å². The molecule has 0 bridgehead atoms. The molecule has 2 nitrogen and oxygen atoms in total. The Morgan fingerprint density at radius 1 is 1.29 bits per heavy atom. The summed E-state index contributed by atoms with van der Waals surface area (Å²) >= 11 is 18.9. The maximum Gasteiger partial charge on any atom is 0.240 e. The molecular weight excluding hydrogens is 393 g/mol. The van der Waals surface area contributed by atoms with Crippen LogP contribution in [0.4, 0.5) is 5.69 Å². The van der Waals surface area contributed by atoms with Gasteiger partial charge >= 0.3 is 0 Å². The molecule has 0 aromatic heterocycles. The monoisotopic (exact) mass is 399 g/mol. The van der Waals surface area contributed by atoms with E-state index < -0.39 is 0 Å². The Balaban J connectivity index is 2.40. The second-order valence-corrected chi connectivity index (χ2v) is 6.51. The van der Waals surface area contributed by atoms with E-state index >= 15 is 0 Å². The van der Waals surface area contributed by atoms with E-state index in [1.807, 2.05) is 0 Å². The first-order valence-electron chi connectivity index (χ1n) is 5.11. The maximum atomic E-state index is 12.0. The van der Waals surface area contributed by atoms with Crippen LogP contribution in [0.3, 0.4) is 0 Å². The van der Waals surface area contributed by atoms with Crippen molar-refractivity contribution in [2.24, 2.45) is 0 Å². The minimum absolute atomic E-state index is 0.0385. The van der Waals surface area contributed by atoms with Crippen molar-refractivity contribution in [1.29, 1.82) is 0 Å². The van der Waals surface area contributed by atoms with Crippen LogP contribution in [0, 0.1) is 0 Å². The second kappa shape index (κ2) is 5.47. The second-order valence-electron chi connectivity index (χ2n) is 3.79. The number of carbonyl (C=O) groups excluding carboxylic acids is 1. The predicted octanol–water partition coefficient (Wildman–Crippen LogP) is 4.65. The maximum absolute atomic E-state index is 12.0. The highest BCUT2D eigenvalue weighted by Gasteiger charge is 2.29. The zero-order chi connectivity index (χ0) is 12.6. The highest BCUT2D eigenvalue weighted by molar-refractivity contribution is 9.10. The van der Waals surface area contributed by atoms with Crippen molar-refractivity contribution in [3.63, 3.8) is 0 Å². The van der Waals surface area contributed by atoms with Gasteiger partial charge in [0.25, 0.3) is 0 Å².